The fourth-order valence-electron chi connectivity index (χ4n) is 3.95. The van der Waals surface area contributed by atoms with Crippen molar-refractivity contribution in [1.82, 2.24) is 9.88 Å². The molecular weight excluding hydrogens is 296 g/mol. The van der Waals surface area contributed by atoms with E-state index < -0.39 is 10.8 Å². The molecular formula is C17H26N2O2S. The SMILES string of the molecule is Cc1cc(C(=O)N[C@@H]2CC[S@](=O)C2)c(C)n1C1CCCCC1. The molecule has 2 fully saturated rings. The molecule has 1 saturated carbocycles. The molecule has 0 radical (unpaired) electrons. The lowest BCUT2D eigenvalue weighted by Crippen LogP contribution is -2.35. The summed E-state index contributed by atoms with van der Waals surface area (Å²) in [5.41, 5.74) is 3.06. The molecule has 0 unspecified atom stereocenters. The highest BCUT2D eigenvalue weighted by atomic mass is 32.2. The lowest BCUT2D eigenvalue weighted by molar-refractivity contribution is 0.0940. The zero-order valence-electron chi connectivity index (χ0n) is 13.6. The molecule has 1 aromatic rings. The van der Waals surface area contributed by atoms with Gasteiger partial charge in [-0.3, -0.25) is 9.00 Å². The van der Waals surface area contributed by atoms with E-state index >= 15 is 0 Å². The molecule has 1 aromatic heterocycles. The van der Waals surface area contributed by atoms with Gasteiger partial charge in [-0.2, -0.15) is 0 Å². The normalized spacial score (nSPS) is 26.3. The molecule has 2 atom stereocenters. The quantitative estimate of drug-likeness (QED) is 0.930. The van der Waals surface area contributed by atoms with Crippen LogP contribution < -0.4 is 5.32 Å². The number of hydrogen-bond acceptors (Lipinski definition) is 2. The third-order valence-corrected chi connectivity index (χ3v) is 6.55. The van der Waals surface area contributed by atoms with Crippen molar-refractivity contribution in [3.63, 3.8) is 0 Å². The molecule has 1 N–H and O–H groups in total. The predicted octanol–water partition coefficient (Wildman–Crippen LogP) is 2.86. The first kappa shape index (κ1) is 15.8. The largest absolute Gasteiger partial charge is 0.348 e. The van der Waals surface area contributed by atoms with Gasteiger partial charge in [-0.15, -0.1) is 0 Å². The molecule has 1 aliphatic carbocycles. The second-order valence-corrected chi connectivity index (χ2v) is 8.34. The van der Waals surface area contributed by atoms with Gasteiger partial charge < -0.3 is 9.88 Å². The van der Waals surface area contributed by atoms with Gasteiger partial charge in [-0.05, 0) is 39.2 Å². The van der Waals surface area contributed by atoms with Gasteiger partial charge in [-0.1, -0.05) is 19.3 Å². The zero-order valence-corrected chi connectivity index (χ0v) is 14.4. The Hall–Kier alpha value is -1.10. The number of rotatable bonds is 3. The maximum atomic E-state index is 12.6. The fourth-order valence-corrected chi connectivity index (χ4v) is 5.36. The van der Waals surface area contributed by atoms with E-state index in [1.807, 2.05) is 6.07 Å². The third kappa shape index (κ3) is 3.14. The van der Waals surface area contributed by atoms with E-state index in [1.54, 1.807) is 0 Å². The van der Waals surface area contributed by atoms with Gasteiger partial charge in [0.2, 0.25) is 0 Å². The van der Waals surface area contributed by atoms with Crippen LogP contribution in [0.5, 0.6) is 0 Å². The number of carbonyl (C=O) groups is 1. The minimum atomic E-state index is -0.754. The number of amides is 1. The van der Waals surface area contributed by atoms with E-state index in [1.165, 1.54) is 37.8 Å². The lowest BCUT2D eigenvalue weighted by atomic mass is 9.95. The first-order chi connectivity index (χ1) is 10.6. The summed E-state index contributed by atoms with van der Waals surface area (Å²) < 4.78 is 13.8. The summed E-state index contributed by atoms with van der Waals surface area (Å²) in [5, 5.41) is 3.06. The van der Waals surface area contributed by atoms with E-state index in [0.29, 0.717) is 17.5 Å². The molecule has 0 spiro atoms. The van der Waals surface area contributed by atoms with Crippen LogP contribution in [0.4, 0.5) is 0 Å². The summed E-state index contributed by atoms with van der Waals surface area (Å²) in [6, 6.07) is 2.64. The smallest absolute Gasteiger partial charge is 0.253 e. The van der Waals surface area contributed by atoms with Crippen molar-refractivity contribution in [2.75, 3.05) is 11.5 Å². The molecule has 0 bridgehead atoms. The van der Waals surface area contributed by atoms with E-state index in [0.717, 1.165) is 17.7 Å². The van der Waals surface area contributed by atoms with Crippen molar-refractivity contribution in [2.45, 2.75) is 64.5 Å². The third-order valence-electron chi connectivity index (χ3n) is 5.09. The lowest BCUT2D eigenvalue weighted by Gasteiger charge is -2.26. The van der Waals surface area contributed by atoms with Crippen molar-refractivity contribution in [1.29, 1.82) is 0 Å². The van der Waals surface area contributed by atoms with Crippen molar-refractivity contribution in [3.05, 3.63) is 23.0 Å². The van der Waals surface area contributed by atoms with Gasteiger partial charge in [0.15, 0.2) is 0 Å². The molecule has 2 heterocycles. The molecule has 5 heteroatoms. The van der Waals surface area contributed by atoms with Crippen LogP contribution in [0.25, 0.3) is 0 Å². The number of carbonyl (C=O) groups excluding carboxylic acids is 1. The summed E-state index contributed by atoms with van der Waals surface area (Å²) in [6.45, 7) is 4.16. The summed E-state index contributed by atoms with van der Waals surface area (Å²) in [5.74, 6) is 1.32. The summed E-state index contributed by atoms with van der Waals surface area (Å²) in [6.07, 6.45) is 7.19. The highest BCUT2D eigenvalue weighted by molar-refractivity contribution is 7.85. The first-order valence-corrected chi connectivity index (χ1v) is 9.89. The van der Waals surface area contributed by atoms with Crippen LogP contribution in [0.3, 0.4) is 0 Å². The van der Waals surface area contributed by atoms with E-state index in [9.17, 15) is 9.00 Å². The number of aryl methyl sites for hydroxylation is 1. The number of hydrogen-bond donors (Lipinski definition) is 1. The van der Waals surface area contributed by atoms with Crippen molar-refractivity contribution >= 4 is 16.7 Å². The fraction of sp³-hybridized carbons (Fsp3) is 0.706. The minimum Gasteiger partial charge on any atom is -0.348 e. The average molecular weight is 322 g/mol. The molecule has 1 saturated heterocycles. The van der Waals surface area contributed by atoms with Crippen LogP contribution in [0, 0.1) is 13.8 Å². The van der Waals surface area contributed by atoms with Gasteiger partial charge in [0.1, 0.15) is 0 Å². The molecule has 122 valence electrons. The Morgan fingerprint density at radius 3 is 2.59 bits per heavy atom. The highest BCUT2D eigenvalue weighted by Gasteiger charge is 2.26. The number of aromatic nitrogens is 1. The van der Waals surface area contributed by atoms with Crippen LogP contribution in [0.2, 0.25) is 0 Å². The maximum Gasteiger partial charge on any atom is 0.253 e. The van der Waals surface area contributed by atoms with E-state index in [-0.39, 0.29) is 11.9 Å². The monoisotopic (exact) mass is 322 g/mol. The van der Waals surface area contributed by atoms with Gasteiger partial charge in [-0.25, -0.2) is 0 Å². The highest BCUT2D eigenvalue weighted by Crippen LogP contribution is 2.32. The Morgan fingerprint density at radius 2 is 1.95 bits per heavy atom. The molecule has 22 heavy (non-hydrogen) atoms. The molecule has 1 aliphatic heterocycles. The molecule has 2 aliphatic rings. The topological polar surface area (TPSA) is 51.1 Å². The summed E-state index contributed by atoms with van der Waals surface area (Å²) in [7, 11) is -0.754. The standard InChI is InChI=1S/C17H26N2O2S/c1-12-10-16(17(20)18-14-8-9-22(21)11-14)13(2)19(12)15-6-4-3-5-7-15/h10,14-15H,3-9,11H2,1-2H3,(H,18,20)/t14-,22+/m1/s1. The maximum absolute atomic E-state index is 12.6. The number of nitrogens with zero attached hydrogens (tertiary/aromatic N) is 1. The van der Waals surface area contributed by atoms with Crippen LogP contribution in [-0.2, 0) is 10.8 Å². The summed E-state index contributed by atoms with van der Waals surface area (Å²) >= 11 is 0. The Kier molecular flexibility index (Phi) is 4.71. The second-order valence-electron chi connectivity index (χ2n) is 6.72. The average Bonchev–Trinajstić information content (AvgIpc) is 3.03. The van der Waals surface area contributed by atoms with Crippen LogP contribution in [0.1, 0.15) is 66.3 Å². The minimum absolute atomic E-state index is 0.000871. The Morgan fingerprint density at radius 1 is 1.23 bits per heavy atom. The first-order valence-electron chi connectivity index (χ1n) is 8.40. The van der Waals surface area contributed by atoms with Crippen LogP contribution in [0.15, 0.2) is 6.07 Å². The van der Waals surface area contributed by atoms with Crippen molar-refractivity contribution < 1.29 is 9.00 Å². The van der Waals surface area contributed by atoms with Gasteiger partial charge in [0.25, 0.3) is 5.91 Å². The van der Waals surface area contributed by atoms with Gasteiger partial charge >= 0.3 is 0 Å². The van der Waals surface area contributed by atoms with E-state index in [2.05, 4.69) is 23.7 Å². The van der Waals surface area contributed by atoms with Crippen molar-refractivity contribution in [3.8, 4) is 0 Å². The van der Waals surface area contributed by atoms with Gasteiger partial charge in [0, 0.05) is 45.8 Å². The van der Waals surface area contributed by atoms with Crippen LogP contribution >= 0.6 is 0 Å². The molecule has 0 aromatic carbocycles. The Labute approximate surface area is 135 Å². The van der Waals surface area contributed by atoms with Gasteiger partial charge in [0.05, 0.1) is 5.56 Å². The second kappa shape index (κ2) is 6.57. The van der Waals surface area contributed by atoms with Crippen molar-refractivity contribution in [2.24, 2.45) is 0 Å². The molecule has 4 nitrogen and oxygen atoms in total. The van der Waals surface area contributed by atoms with Crippen LogP contribution in [-0.4, -0.2) is 32.2 Å². The predicted molar refractivity (Wildman–Crippen MR) is 89.8 cm³/mol. The molecule has 3 rings (SSSR count). The summed E-state index contributed by atoms with van der Waals surface area (Å²) in [4.78, 5) is 12.6. The number of nitrogens with one attached hydrogen (secondary N) is 1. The zero-order chi connectivity index (χ0) is 15.7. The van der Waals surface area contributed by atoms with E-state index in [4.69, 9.17) is 0 Å². The molecule has 1 amide bonds. The Balaban J connectivity index is 1.76. The Bertz CT molecular complexity index is 588.